The molecule has 2 saturated heterocycles. The third kappa shape index (κ3) is 7.71. The standard InChI is InChI=1S/C39H35FN8O8S/c40-36-29-8-7-28(14-25(29)16-32(56-22-23-4-2-1-3-5-23)37(36)48-21-35(51)45-57(48,54)55)43-34(50)12-13-46-19-24(18-42-46)17-41-27-6-9-30-26(15-27)20-47(39(30)53)31-10-11-33(49)44-38(31)52/h1-9,14-16,18-19,31,41H,10-13,17,20-22H2,(H,43,50)(H,45,51)(H,44,49,52). The smallest absolute Gasteiger partial charge is 0.326 e. The summed E-state index contributed by atoms with van der Waals surface area (Å²) in [5.74, 6) is -3.17. The number of nitrogens with zero attached hydrogens (tertiary/aromatic N) is 4. The number of carbonyl (C=O) groups excluding carboxylic acids is 5. The molecule has 4 heterocycles. The molecule has 0 aliphatic carbocycles. The number of hydrogen-bond donors (Lipinski definition) is 4. The van der Waals surface area contributed by atoms with Crippen LogP contribution in [0.4, 0.5) is 21.5 Å². The molecular formula is C39H35FN8O8S. The van der Waals surface area contributed by atoms with Crippen molar-refractivity contribution in [1.29, 1.82) is 0 Å². The molecule has 3 aliphatic rings. The highest BCUT2D eigenvalue weighted by Crippen LogP contribution is 2.40. The van der Waals surface area contributed by atoms with Crippen molar-refractivity contribution in [3.05, 3.63) is 113 Å². The Kier molecular flexibility index (Phi) is 9.78. The average Bonchev–Trinajstić information content (AvgIpc) is 3.86. The van der Waals surface area contributed by atoms with Gasteiger partial charge in [0.25, 0.3) is 11.8 Å². The summed E-state index contributed by atoms with van der Waals surface area (Å²) in [6.07, 6.45) is 4.03. The number of hydrogen-bond acceptors (Lipinski definition) is 10. The molecule has 0 radical (unpaired) electrons. The number of amides is 5. The first-order valence-electron chi connectivity index (χ1n) is 18.0. The molecule has 0 spiro atoms. The van der Waals surface area contributed by atoms with Crippen molar-refractivity contribution < 1.29 is 41.5 Å². The Hall–Kier alpha value is -6.82. The van der Waals surface area contributed by atoms with E-state index in [1.807, 2.05) is 16.9 Å². The third-order valence-electron chi connectivity index (χ3n) is 9.88. The highest BCUT2D eigenvalue weighted by atomic mass is 32.2. The summed E-state index contributed by atoms with van der Waals surface area (Å²) in [7, 11) is -4.35. The summed E-state index contributed by atoms with van der Waals surface area (Å²) >= 11 is 0. The van der Waals surface area contributed by atoms with Crippen molar-refractivity contribution in [1.82, 2.24) is 24.7 Å². The first-order valence-corrected chi connectivity index (χ1v) is 19.4. The maximum atomic E-state index is 16.1. The number of ether oxygens (including phenoxy) is 1. The predicted octanol–water partition coefficient (Wildman–Crippen LogP) is 3.34. The molecule has 8 rings (SSSR count). The van der Waals surface area contributed by atoms with Gasteiger partial charge in [0, 0.05) is 66.6 Å². The molecule has 1 aromatic heterocycles. The fraction of sp³-hybridized carbons (Fsp3) is 0.231. The normalized spacial score (nSPS) is 17.4. The molecular weight excluding hydrogens is 760 g/mol. The molecule has 57 heavy (non-hydrogen) atoms. The lowest BCUT2D eigenvalue weighted by atomic mass is 10.0. The van der Waals surface area contributed by atoms with Gasteiger partial charge in [0.2, 0.25) is 17.7 Å². The number of aromatic nitrogens is 2. The molecule has 18 heteroatoms. The molecule has 0 saturated carbocycles. The van der Waals surface area contributed by atoms with E-state index in [4.69, 9.17) is 4.74 Å². The monoisotopic (exact) mass is 794 g/mol. The lowest BCUT2D eigenvalue weighted by molar-refractivity contribution is -0.137. The Bertz CT molecular complexity index is 2580. The minimum absolute atomic E-state index is 0.00108. The number of benzene rings is 4. The van der Waals surface area contributed by atoms with Crippen LogP contribution < -0.4 is 29.7 Å². The van der Waals surface area contributed by atoms with Gasteiger partial charge in [-0.2, -0.15) is 13.5 Å². The molecule has 2 fully saturated rings. The van der Waals surface area contributed by atoms with Crippen LogP contribution in [0.3, 0.4) is 0 Å². The van der Waals surface area contributed by atoms with E-state index in [1.165, 1.54) is 23.1 Å². The van der Waals surface area contributed by atoms with E-state index in [9.17, 15) is 32.4 Å². The van der Waals surface area contributed by atoms with Crippen LogP contribution in [-0.2, 0) is 55.6 Å². The van der Waals surface area contributed by atoms with Gasteiger partial charge < -0.3 is 20.3 Å². The van der Waals surface area contributed by atoms with Crippen LogP contribution in [0.2, 0.25) is 0 Å². The van der Waals surface area contributed by atoms with Gasteiger partial charge in [0.15, 0.2) is 5.82 Å². The molecule has 5 amide bonds. The fourth-order valence-corrected chi connectivity index (χ4v) is 8.24. The fourth-order valence-electron chi connectivity index (χ4n) is 7.08. The zero-order chi connectivity index (χ0) is 39.8. The summed E-state index contributed by atoms with van der Waals surface area (Å²) in [5, 5.41) is 13.2. The van der Waals surface area contributed by atoms with Crippen LogP contribution in [0.1, 0.15) is 46.3 Å². The number of piperidine rings is 1. The number of nitrogens with one attached hydrogen (secondary N) is 4. The van der Waals surface area contributed by atoms with Gasteiger partial charge in [-0.1, -0.05) is 30.3 Å². The lowest BCUT2D eigenvalue weighted by Crippen LogP contribution is -2.52. The van der Waals surface area contributed by atoms with Crippen molar-refractivity contribution in [2.24, 2.45) is 0 Å². The van der Waals surface area contributed by atoms with E-state index in [-0.39, 0.29) is 61.4 Å². The molecule has 0 bridgehead atoms. The number of halogens is 1. The summed E-state index contributed by atoms with van der Waals surface area (Å²) in [4.78, 5) is 63.4. The van der Waals surface area contributed by atoms with Crippen molar-refractivity contribution in [3.8, 4) is 5.75 Å². The van der Waals surface area contributed by atoms with Crippen LogP contribution in [0, 0.1) is 5.82 Å². The number of imide groups is 1. The maximum absolute atomic E-state index is 16.1. The van der Waals surface area contributed by atoms with E-state index >= 15 is 4.39 Å². The minimum atomic E-state index is -4.35. The number of rotatable bonds is 12. The summed E-state index contributed by atoms with van der Waals surface area (Å²) in [6, 6.07) is 19.7. The SMILES string of the molecule is O=C1CCC(N2Cc3cc(NCc4cnn(CCC(=O)Nc5ccc6c(F)c(N7CC(=O)NS7(=O)=O)c(OCc7ccccc7)cc6c5)c4)ccc3C2=O)C(=O)N1. The molecule has 4 N–H and O–H groups in total. The van der Waals surface area contributed by atoms with Crippen molar-refractivity contribution in [2.75, 3.05) is 21.5 Å². The Morgan fingerprint density at radius 1 is 0.947 bits per heavy atom. The van der Waals surface area contributed by atoms with Gasteiger partial charge in [-0.3, -0.25) is 34.0 Å². The Labute approximate surface area is 325 Å². The zero-order valence-electron chi connectivity index (χ0n) is 30.2. The van der Waals surface area contributed by atoms with E-state index in [2.05, 4.69) is 21.0 Å². The largest absolute Gasteiger partial charge is 0.487 e. The first kappa shape index (κ1) is 37.1. The maximum Gasteiger partial charge on any atom is 0.326 e. The number of carbonyl (C=O) groups is 5. The van der Waals surface area contributed by atoms with Crippen LogP contribution in [0.25, 0.3) is 10.8 Å². The van der Waals surface area contributed by atoms with E-state index < -0.39 is 46.1 Å². The second-order valence-electron chi connectivity index (χ2n) is 13.8. The van der Waals surface area contributed by atoms with Gasteiger partial charge >= 0.3 is 10.2 Å². The van der Waals surface area contributed by atoms with Gasteiger partial charge in [0.05, 0.1) is 6.20 Å². The molecule has 4 aromatic carbocycles. The van der Waals surface area contributed by atoms with E-state index in [1.54, 1.807) is 59.5 Å². The lowest BCUT2D eigenvalue weighted by Gasteiger charge is -2.29. The minimum Gasteiger partial charge on any atom is -0.487 e. The second-order valence-corrected chi connectivity index (χ2v) is 15.4. The molecule has 1 atom stereocenters. The molecule has 292 valence electrons. The molecule has 3 aliphatic heterocycles. The molecule has 1 unspecified atom stereocenters. The highest BCUT2D eigenvalue weighted by molar-refractivity contribution is 7.92. The summed E-state index contributed by atoms with van der Waals surface area (Å²) in [5.41, 5.74) is 3.65. The van der Waals surface area contributed by atoms with Gasteiger partial charge in [-0.05, 0) is 65.4 Å². The van der Waals surface area contributed by atoms with Gasteiger partial charge in [-0.25, -0.2) is 13.4 Å². The van der Waals surface area contributed by atoms with Crippen molar-refractivity contribution in [2.45, 2.75) is 51.5 Å². The average molecular weight is 795 g/mol. The second kappa shape index (κ2) is 15.0. The highest BCUT2D eigenvalue weighted by Gasteiger charge is 2.40. The van der Waals surface area contributed by atoms with Crippen LogP contribution in [0.15, 0.2) is 85.2 Å². The first-order chi connectivity index (χ1) is 27.4. The van der Waals surface area contributed by atoms with Gasteiger partial charge in [0.1, 0.15) is 30.6 Å². The predicted molar refractivity (Wildman–Crippen MR) is 204 cm³/mol. The Balaban J connectivity index is 0.890. The van der Waals surface area contributed by atoms with Gasteiger partial charge in [-0.15, -0.1) is 0 Å². The number of fused-ring (bicyclic) bond motifs is 2. The molecule has 5 aromatic rings. The van der Waals surface area contributed by atoms with Crippen molar-refractivity contribution in [3.63, 3.8) is 0 Å². The van der Waals surface area contributed by atoms with Crippen LogP contribution >= 0.6 is 0 Å². The summed E-state index contributed by atoms with van der Waals surface area (Å²) < 4.78 is 51.6. The van der Waals surface area contributed by atoms with Crippen LogP contribution in [0.5, 0.6) is 5.75 Å². The summed E-state index contributed by atoms with van der Waals surface area (Å²) in [6.45, 7) is 0.339. The number of anilines is 3. The topological polar surface area (TPSA) is 201 Å². The Morgan fingerprint density at radius 2 is 1.75 bits per heavy atom. The van der Waals surface area contributed by atoms with Crippen molar-refractivity contribution >= 4 is 67.6 Å². The molecule has 16 nitrogen and oxygen atoms in total. The van der Waals surface area contributed by atoms with Crippen LogP contribution in [-0.4, -0.2) is 65.2 Å². The van der Waals surface area contributed by atoms with E-state index in [0.717, 1.165) is 22.4 Å². The number of aryl methyl sites for hydroxylation is 1. The third-order valence-corrected chi connectivity index (χ3v) is 11.3. The quantitative estimate of drug-likeness (QED) is 0.136. The van der Waals surface area contributed by atoms with E-state index in [0.29, 0.717) is 33.9 Å². The Morgan fingerprint density at radius 3 is 2.53 bits per heavy atom. The zero-order valence-corrected chi connectivity index (χ0v) is 31.0.